The number of rotatable bonds is 2. The van der Waals surface area contributed by atoms with Gasteiger partial charge in [-0.05, 0) is 48.4 Å². The van der Waals surface area contributed by atoms with Gasteiger partial charge in [-0.3, -0.25) is 9.89 Å². The number of benzene rings is 1. The van der Waals surface area contributed by atoms with Crippen LogP contribution >= 0.6 is 27.7 Å². The Morgan fingerprint density at radius 3 is 3.12 bits per heavy atom. The molecule has 3 aliphatic heterocycles. The number of hydrogen-bond donors (Lipinski definition) is 1. The standard InChI is InChI=1S/C19H20BrN5S/c1-19(16(20)17-23-6-3-7-25(17)18(22)24-19)15-9-14(11-26-15)13-5-2-4-12(8-13)10-21/h2,4-5,8,11,15-16H,3,6-7,9H2,1H3,(H2,22,24)/t15?,16?,19-/m1/s1. The van der Waals surface area contributed by atoms with Gasteiger partial charge in [-0.2, -0.15) is 5.26 Å². The molecule has 134 valence electrons. The SMILES string of the molecule is C[C@]1(C2CC(c3cccc(C#N)c3)=CS2)N=C(N)N2CCCN=C2C1Br. The van der Waals surface area contributed by atoms with Gasteiger partial charge in [0.2, 0.25) is 0 Å². The largest absolute Gasteiger partial charge is 0.369 e. The average Bonchev–Trinajstić information content (AvgIpc) is 3.17. The van der Waals surface area contributed by atoms with Crippen molar-refractivity contribution in [2.45, 2.75) is 35.4 Å². The Morgan fingerprint density at radius 2 is 2.31 bits per heavy atom. The molecule has 3 heterocycles. The zero-order valence-corrected chi connectivity index (χ0v) is 16.9. The first-order chi connectivity index (χ1) is 12.5. The number of allylic oxidation sites excluding steroid dienone is 1. The topological polar surface area (TPSA) is 77.8 Å². The van der Waals surface area contributed by atoms with E-state index in [-0.39, 0.29) is 15.6 Å². The maximum absolute atomic E-state index is 9.15. The zero-order valence-electron chi connectivity index (χ0n) is 14.5. The smallest absolute Gasteiger partial charge is 0.197 e. The van der Waals surface area contributed by atoms with Gasteiger partial charge in [0.1, 0.15) is 5.84 Å². The van der Waals surface area contributed by atoms with Crippen molar-refractivity contribution in [2.24, 2.45) is 15.7 Å². The molecule has 0 amide bonds. The van der Waals surface area contributed by atoms with Crippen molar-refractivity contribution in [1.82, 2.24) is 4.90 Å². The molecule has 0 saturated carbocycles. The number of amidine groups is 1. The highest BCUT2D eigenvalue weighted by atomic mass is 79.9. The summed E-state index contributed by atoms with van der Waals surface area (Å²) in [5, 5.41) is 11.6. The molecule has 0 aliphatic carbocycles. The van der Waals surface area contributed by atoms with Gasteiger partial charge >= 0.3 is 0 Å². The van der Waals surface area contributed by atoms with Crippen LogP contribution in [0.5, 0.6) is 0 Å². The van der Waals surface area contributed by atoms with Gasteiger partial charge in [-0.15, -0.1) is 11.8 Å². The summed E-state index contributed by atoms with van der Waals surface area (Å²) in [4.78, 5) is 11.7. The molecule has 1 aromatic carbocycles. The summed E-state index contributed by atoms with van der Waals surface area (Å²) in [6, 6.07) is 10.0. The second-order valence-corrected chi connectivity index (χ2v) is 8.96. The van der Waals surface area contributed by atoms with Gasteiger partial charge < -0.3 is 5.73 Å². The number of alkyl halides is 1. The number of nitriles is 1. The number of guanidine groups is 1. The minimum absolute atomic E-state index is 0.0401. The Balaban J connectivity index is 1.61. The predicted molar refractivity (Wildman–Crippen MR) is 111 cm³/mol. The van der Waals surface area contributed by atoms with Crippen LogP contribution in [-0.2, 0) is 0 Å². The van der Waals surface area contributed by atoms with Crippen LogP contribution in [0.1, 0.15) is 30.9 Å². The summed E-state index contributed by atoms with van der Waals surface area (Å²) in [6.45, 7) is 3.89. The van der Waals surface area contributed by atoms with Crippen LogP contribution < -0.4 is 5.73 Å². The summed E-state index contributed by atoms with van der Waals surface area (Å²) in [6.07, 6.45) is 1.90. The maximum Gasteiger partial charge on any atom is 0.197 e. The van der Waals surface area contributed by atoms with E-state index in [0.29, 0.717) is 11.5 Å². The molecule has 2 N–H and O–H groups in total. The Bertz CT molecular complexity index is 871. The van der Waals surface area contributed by atoms with E-state index in [0.717, 1.165) is 37.3 Å². The fourth-order valence-corrected chi connectivity index (χ4v) is 6.00. The molecule has 0 bridgehead atoms. The van der Waals surface area contributed by atoms with Crippen LogP contribution in [0.4, 0.5) is 0 Å². The lowest BCUT2D eigenvalue weighted by Gasteiger charge is -2.45. The molecule has 7 heteroatoms. The van der Waals surface area contributed by atoms with E-state index in [4.69, 9.17) is 21.0 Å². The second kappa shape index (κ2) is 6.75. The third-order valence-corrected chi connectivity index (χ3v) is 7.99. The molecule has 26 heavy (non-hydrogen) atoms. The van der Waals surface area contributed by atoms with Crippen molar-refractivity contribution in [3.63, 3.8) is 0 Å². The van der Waals surface area contributed by atoms with Crippen molar-refractivity contribution < 1.29 is 0 Å². The molecule has 0 spiro atoms. The van der Waals surface area contributed by atoms with Gasteiger partial charge in [0.25, 0.3) is 0 Å². The third kappa shape index (κ3) is 2.85. The second-order valence-electron chi connectivity index (χ2n) is 6.97. The molecule has 3 atom stereocenters. The van der Waals surface area contributed by atoms with Gasteiger partial charge in [0, 0.05) is 18.3 Å². The monoisotopic (exact) mass is 429 g/mol. The van der Waals surface area contributed by atoms with E-state index in [9.17, 15) is 0 Å². The quantitative estimate of drug-likeness (QED) is 0.730. The number of fused-ring (bicyclic) bond motifs is 1. The van der Waals surface area contributed by atoms with Crippen LogP contribution in [0.25, 0.3) is 5.57 Å². The molecule has 5 nitrogen and oxygen atoms in total. The van der Waals surface area contributed by atoms with Crippen molar-refractivity contribution in [3.8, 4) is 6.07 Å². The number of hydrogen-bond acceptors (Lipinski definition) is 6. The highest BCUT2D eigenvalue weighted by Gasteiger charge is 2.49. The molecular formula is C19H20BrN5S. The van der Waals surface area contributed by atoms with Crippen LogP contribution in [-0.4, -0.2) is 45.4 Å². The van der Waals surface area contributed by atoms with Crippen molar-refractivity contribution in [1.29, 1.82) is 5.26 Å². The van der Waals surface area contributed by atoms with E-state index >= 15 is 0 Å². The number of halogens is 1. The summed E-state index contributed by atoms with van der Waals surface area (Å²) >= 11 is 5.67. The zero-order chi connectivity index (χ0) is 18.3. The lowest BCUT2D eigenvalue weighted by atomic mass is 9.86. The highest BCUT2D eigenvalue weighted by molar-refractivity contribution is 9.10. The Kier molecular flexibility index (Phi) is 4.57. The fraction of sp³-hybridized carbons (Fsp3) is 0.421. The van der Waals surface area contributed by atoms with Gasteiger partial charge in [0.15, 0.2) is 5.96 Å². The van der Waals surface area contributed by atoms with E-state index in [1.165, 1.54) is 5.57 Å². The first-order valence-corrected chi connectivity index (χ1v) is 10.5. The summed E-state index contributed by atoms with van der Waals surface area (Å²) in [5.74, 6) is 1.58. The van der Waals surface area contributed by atoms with E-state index in [1.54, 1.807) is 11.8 Å². The van der Waals surface area contributed by atoms with Gasteiger partial charge in [0.05, 0.1) is 22.0 Å². The molecule has 0 aromatic heterocycles. The average molecular weight is 430 g/mol. The number of nitrogens with two attached hydrogens (primary N) is 1. The molecule has 0 fully saturated rings. The van der Waals surface area contributed by atoms with Crippen molar-refractivity contribution >= 4 is 45.1 Å². The molecule has 3 aliphatic rings. The highest BCUT2D eigenvalue weighted by Crippen LogP contribution is 2.47. The van der Waals surface area contributed by atoms with Crippen LogP contribution in [0.3, 0.4) is 0 Å². The third-order valence-electron chi connectivity index (χ3n) is 5.26. The lowest BCUT2D eigenvalue weighted by molar-refractivity contribution is 0.416. The minimum atomic E-state index is -0.369. The first kappa shape index (κ1) is 17.6. The maximum atomic E-state index is 9.15. The predicted octanol–water partition coefficient (Wildman–Crippen LogP) is 3.36. The summed E-state index contributed by atoms with van der Waals surface area (Å²) in [5.41, 5.74) is 8.97. The summed E-state index contributed by atoms with van der Waals surface area (Å²) < 4.78 is 0. The number of thioether (sulfide) groups is 1. The molecule has 1 aromatic rings. The normalized spacial score (nSPS) is 30.8. The van der Waals surface area contributed by atoms with Crippen LogP contribution in [0.15, 0.2) is 39.7 Å². The Hall–Kier alpha value is -1.78. The van der Waals surface area contributed by atoms with Crippen LogP contribution in [0, 0.1) is 11.3 Å². The summed E-state index contributed by atoms with van der Waals surface area (Å²) in [7, 11) is 0. The van der Waals surface area contributed by atoms with Gasteiger partial charge in [-0.1, -0.05) is 28.1 Å². The number of nitrogens with zero attached hydrogens (tertiary/aromatic N) is 4. The van der Waals surface area contributed by atoms with E-state index < -0.39 is 0 Å². The molecular weight excluding hydrogens is 410 g/mol. The Morgan fingerprint density at radius 1 is 1.46 bits per heavy atom. The molecule has 0 radical (unpaired) electrons. The first-order valence-electron chi connectivity index (χ1n) is 8.69. The van der Waals surface area contributed by atoms with Gasteiger partial charge in [-0.25, -0.2) is 4.99 Å². The van der Waals surface area contributed by atoms with Crippen LogP contribution in [0.2, 0.25) is 0 Å². The fourth-order valence-electron chi connectivity index (χ4n) is 3.71. The lowest BCUT2D eigenvalue weighted by Crippen LogP contribution is -2.61. The minimum Gasteiger partial charge on any atom is -0.369 e. The van der Waals surface area contributed by atoms with Crippen molar-refractivity contribution in [3.05, 3.63) is 40.8 Å². The van der Waals surface area contributed by atoms with E-state index in [1.807, 2.05) is 23.1 Å². The molecule has 0 saturated heterocycles. The molecule has 4 rings (SSSR count). The van der Waals surface area contributed by atoms with E-state index in [2.05, 4.69) is 40.4 Å². The molecule has 2 unspecified atom stereocenters. The Labute approximate surface area is 166 Å². The number of aliphatic imine (C=N–C) groups is 2. The van der Waals surface area contributed by atoms with Crippen molar-refractivity contribution in [2.75, 3.05) is 13.1 Å².